The molecular formula is C13H27N. The second-order valence-corrected chi connectivity index (χ2v) is 5.35. The first-order valence-corrected chi connectivity index (χ1v) is 6.30. The normalized spacial score (nSPS) is 21.2. The van der Waals surface area contributed by atoms with E-state index in [0.717, 1.165) is 11.8 Å². The molecule has 0 radical (unpaired) electrons. The number of hydrogen-bond acceptors (Lipinski definition) is 1. The molecule has 1 saturated carbocycles. The SMILES string of the molecule is CCC(CC)CC(C)(CNC)C1CC1. The van der Waals surface area contributed by atoms with E-state index in [4.69, 9.17) is 0 Å². The molecule has 0 aromatic rings. The van der Waals surface area contributed by atoms with Crippen LogP contribution in [0, 0.1) is 17.3 Å². The number of rotatable bonds is 7. The van der Waals surface area contributed by atoms with Gasteiger partial charge in [-0.1, -0.05) is 33.6 Å². The quantitative estimate of drug-likeness (QED) is 0.659. The van der Waals surface area contributed by atoms with E-state index >= 15 is 0 Å². The third-order valence-corrected chi connectivity index (χ3v) is 4.05. The third kappa shape index (κ3) is 2.98. The van der Waals surface area contributed by atoms with Gasteiger partial charge in [0.05, 0.1) is 0 Å². The van der Waals surface area contributed by atoms with Crippen LogP contribution in [-0.2, 0) is 0 Å². The zero-order chi connectivity index (χ0) is 10.6. The van der Waals surface area contributed by atoms with Crippen LogP contribution in [0.15, 0.2) is 0 Å². The molecule has 0 aromatic carbocycles. The van der Waals surface area contributed by atoms with Crippen molar-refractivity contribution in [2.24, 2.45) is 17.3 Å². The van der Waals surface area contributed by atoms with Crippen LogP contribution in [0.3, 0.4) is 0 Å². The summed E-state index contributed by atoms with van der Waals surface area (Å²) in [7, 11) is 2.09. The van der Waals surface area contributed by atoms with Crippen LogP contribution in [0.1, 0.15) is 52.9 Å². The molecule has 0 aromatic heterocycles. The Morgan fingerprint density at radius 1 is 1.29 bits per heavy atom. The van der Waals surface area contributed by atoms with Crippen molar-refractivity contribution in [2.45, 2.75) is 52.9 Å². The van der Waals surface area contributed by atoms with Crippen molar-refractivity contribution in [3.05, 3.63) is 0 Å². The van der Waals surface area contributed by atoms with Gasteiger partial charge in [-0.05, 0) is 43.6 Å². The van der Waals surface area contributed by atoms with Crippen molar-refractivity contribution < 1.29 is 0 Å². The summed E-state index contributed by atoms with van der Waals surface area (Å²) >= 11 is 0. The van der Waals surface area contributed by atoms with Crippen molar-refractivity contribution in [2.75, 3.05) is 13.6 Å². The smallest absolute Gasteiger partial charge is 0.000491 e. The van der Waals surface area contributed by atoms with E-state index in [0.29, 0.717) is 5.41 Å². The molecule has 1 aliphatic carbocycles. The summed E-state index contributed by atoms with van der Waals surface area (Å²) in [6.07, 6.45) is 7.06. The van der Waals surface area contributed by atoms with Crippen LogP contribution < -0.4 is 5.32 Å². The lowest BCUT2D eigenvalue weighted by Gasteiger charge is -2.33. The minimum Gasteiger partial charge on any atom is -0.319 e. The Morgan fingerprint density at radius 2 is 1.86 bits per heavy atom. The Kier molecular flexibility index (Phi) is 4.43. The zero-order valence-corrected chi connectivity index (χ0v) is 10.4. The first-order valence-electron chi connectivity index (χ1n) is 6.30. The van der Waals surface area contributed by atoms with Crippen molar-refractivity contribution in [1.82, 2.24) is 5.32 Å². The fourth-order valence-corrected chi connectivity index (χ4v) is 2.80. The molecule has 0 saturated heterocycles. The first kappa shape index (κ1) is 12.0. The first-order chi connectivity index (χ1) is 6.66. The Labute approximate surface area is 89.7 Å². The number of nitrogens with one attached hydrogen (secondary N) is 1. The fraction of sp³-hybridized carbons (Fsp3) is 1.00. The fourth-order valence-electron chi connectivity index (χ4n) is 2.80. The molecule has 1 aliphatic rings. The maximum absolute atomic E-state index is 3.38. The summed E-state index contributed by atoms with van der Waals surface area (Å²) in [5, 5.41) is 3.38. The molecule has 0 bridgehead atoms. The van der Waals surface area contributed by atoms with Crippen LogP contribution in [0.25, 0.3) is 0 Å². The lowest BCUT2D eigenvalue weighted by molar-refractivity contribution is 0.192. The molecule has 1 unspecified atom stereocenters. The van der Waals surface area contributed by atoms with Crippen LogP contribution in [0.2, 0.25) is 0 Å². The van der Waals surface area contributed by atoms with Gasteiger partial charge < -0.3 is 5.32 Å². The molecule has 1 rings (SSSR count). The lowest BCUT2D eigenvalue weighted by Crippen LogP contribution is -2.33. The Morgan fingerprint density at radius 3 is 2.21 bits per heavy atom. The summed E-state index contributed by atoms with van der Waals surface area (Å²) in [6, 6.07) is 0. The van der Waals surface area contributed by atoms with Gasteiger partial charge in [-0.3, -0.25) is 0 Å². The van der Waals surface area contributed by atoms with E-state index in [1.807, 2.05) is 0 Å². The predicted octanol–water partition coefficient (Wildman–Crippen LogP) is 3.45. The summed E-state index contributed by atoms with van der Waals surface area (Å²) < 4.78 is 0. The third-order valence-electron chi connectivity index (χ3n) is 4.05. The molecular weight excluding hydrogens is 170 g/mol. The topological polar surface area (TPSA) is 12.0 Å². The Hall–Kier alpha value is -0.0400. The summed E-state index contributed by atoms with van der Waals surface area (Å²) in [5.41, 5.74) is 0.575. The van der Waals surface area contributed by atoms with E-state index in [1.54, 1.807) is 0 Å². The molecule has 0 amide bonds. The van der Waals surface area contributed by atoms with Crippen molar-refractivity contribution >= 4 is 0 Å². The van der Waals surface area contributed by atoms with Gasteiger partial charge in [-0.2, -0.15) is 0 Å². The average Bonchev–Trinajstić information content (AvgIpc) is 2.98. The van der Waals surface area contributed by atoms with E-state index in [-0.39, 0.29) is 0 Å². The van der Waals surface area contributed by atoms with Gasteiger partial charge in [0.15, 0.2) is 0 Å². The van der Waals surface area contributed by atoms with Gasteiger partial charge in [0.1, 0.15) is 0 Å². The van der Waals surface area contributed by atoms with Crippen molar-refractivity contribution in [3.8, 4) is 0 Å². The summed E-state index contributed by atoms with van der Waals surface area (Å²) in [5.74, 6) is 1.95. The highest BCUT2D eigenvalue weighted by atomic mass is 14.8. The van der Waals surface area contributed by atoms with Gasteiger partial charge in [0, 0.05) is 6.54 Å². The minimum atomic E-state index is 0.575. The highest BCUT2D eigenvalue weighted by Crippen LogP contribution is 2.49. The van der Waals surface area contributed by atoms with Gasteiger partial charge in [0.25, 0.3) is 0 Å². The maximum atomic E-state index is 3.38. The van der Waals surface area contributed by atoms with Gasteiger partial charge in [-0.15, -0.1) is 0 Å². The van der Waals surface area contributed by atoms with Crippen LogP contribution in [-0.4, -0.2) is 13.6 Å². The highest BCUT2D eigenvalue weighted by molar-refractivity contribution is 4.93. The van der Waals surface area contributed by atoms with Crippen LogP contribution in [0.5, 0.6) is 0 Å². The molecule has 1 heteroatoms. The van der Waals surface area contributed by atoms with E-state index in [1.165, 1.54) is 38.6 Å². The monoisotopic (exact) mass is 197 g/mol. The molecule has 1 nitrogen and oxygen atoms in total. The Bertz CT molecular complexity index is 159. The highest BCUT2D eigenvalue weighted by Gasteiger charge is 2.41. The van der Waals surface area contributed by atoms with Crippen LogP contribution >= 0.6 is 0 Å². The van der Waals surface area contributed by atoms with Crippen molar-refractivity contribution in [3.63, 3.8) is 0 Å². The molecule has 84 valence electrons. The second-order valence-electron chi connectivity index (χ2n) is 5.35. The second kappa shape index (κ2) is 5.16. The molecule has 0 aliphatic heterocycles. The summed E-state index contributed by atoms with van der Waals surface area (Å²) in [6.45, 7) is 8.36. The lowest BCUT2D eigenvalue weighted by atomic mass is 9.75. The van der Waals surface area contributed by atoms with Gasteiger partial charge in [-0.25, -0.2) is 0 Å². The Balaban J connectivity index is 2.48. The average molecular weight is 197 g/mol. The minimum absolute atomic E-state index is 0.575. The van der Waals surface area contributed by atoms with Crippen LogP contribution in [0.4, 0.5) is 0 Å². The van der Waals surface area contributed by atoms with Crippen molar-refractivity contribution in [1.29, 1.82) is 0 Å². The standard InChI is InChI=1S/C13H27N/c1-5-11(6-2)9-13(3,10-14-4)12-7-8-12/h11-12,14H,5-10H2,1-4H3. The van der Waals surface area contributed by atoms with E-state index in [9.17, 15) is 0 Å². The van der Waals surface area contributed by atoms with E-state index in [2.05, 4.69) is 33.1 Å². The molecule has 14 heavy (non-hydrogen) atoms. The molecule has 0 heterocycles. The predicted molar refractivity (Wildman–Crippen MR) is 63.4 cm³/mol. The zero-order valence-electron chi connectivity index (χ0n) is 10.4. The summed E-state index contributed by atoms with van der Waals surface area (Å²) in [4.78, 5) is 0. The number of hydrogen-bond donors (Lipinski definition) is 1. The molecule has 0 spiro atoms. The van der Waals surface area contributed by atoms with E-state index < -0.39 is 0 Å². The maximum Gasteiger partial charge on any atom is 0.000491 e. The molecule has 1 atom stereocenters. The van der Waals surface area contributed by atoms with Gasteiger partial charge >= 0.3 is 0 Å². The molecule has 1 N–H and O–H groups in total. The molecule has 1 fully saturated rings. The largest absolute Gasteiger partial charge is 0.319 e. The van der Waals surface area contributed by atoms with Gasteiger partial charge in [0.2, 0.25) is 0 Å².